The Bertz CT molecular complexity index is 840. The number of carbonyl (C=O) groups excluding carboxylic acids is 1. The number of piperidine rings is 1. The molecule has 1 spiro atoms. The van der Waals surface area contributed by atoms with Gasteiger partial charge in [-0.05, 0) is 44.0 Å². The number of rotatable bonds is 3. The zero-order valence-electron chi connectivity index (χ0n) is 16.7. The molecule has 2 aromatic rings. The van der Waals surface area contributed by atoms with Gasteiger partial charge in [-0.3, -0.25) is 4.79 Å². The van der Waals surface area contributed by atoms with Gasteiger partial charge >= 0.3 is 0 Å². The van der Waals surface area contributed by atoms with Crippen LogP contribution in [-0.2, 0) is 9.47 Å². The highest BCUT2D eigenvalue weighted by molar-refractivity contribution is 5.92. The summed E-state index contributed by atoms with van der Waals surface area (Å²) in [7, 11) is 0. The molecule has 6 nitrogen and oxygen atoms in total. The molecule has 28 heavy (non-hydrogen) atoms. The Labute approximate surface area is 165 Å². The first-order valence-corrected chi connectivity index (χ1v) is 9.84. The van der Waals surface area contributed by atoms with Crippen LogP contribution in [0.2, 0.25) is 0 Å². The van der Waals surface area contributed by atoms with E-state index in [9.17, 15) is 4.79 Å². The monoisotopic (exact) mass is 381 g/mol. The van der Waals surface area contributed by atoms with Gasteiger partial charge in [0.2, 0.25) is 0 Å². The molecule has 0 atom stereocenters. The van der Waals surface area contributed by atoms with Gasteiger partial charge in [0, 0.05) is 31.6 Å². The van der Waals surface area contributed by atoms with Crippen molar-refractivity contribution in [2.45, 2.75) is 39.4 Å². The van der Waals surface area contributed by atoms with Gasteiger partial charge in [0.05, 0.1) is 25.1 Å². The SMILES string of the molecule is Cc1cc(C)c(Nc2ccc(C(=O)N3CCC4(CC3)OCCO4)nc2)c(C)c1. The van der Waals surface area contributed by atoms with Gasteiger partial charge < -0.3 is 19.7 Å². The van der Waals surface area contributed by atoms with E-state index in [-0.39, 0.29) is 5.91 Å². The Morgan fingerprint density at radius 1 is 1.07 bits per heavy atom. The Hall–Kier alpha value is -2.44. The molecular formula is C22H27N3O3. The normalized spacial score (nSPS) is 18.5. The minimum Gasteiger partial charge on any atom is -0.354 e. The predicted octanol–water partition coefficient (Wildman–Crippen LogP) is 3.73. The highest BCUT2D eigenvalue weighted by Gasteiger charge is 2.41. The molecule has 0 bridgehead atoms. The molecule has 148 valence electrons. The Balaban J connectivity index is 1.41. The number of hydrogen-bond acceptors (Lipinski definition) is 5. The molecule has 0 saturated carbocycles. The zero-order valence-corrected chi connectivity index (χ0v) is 16.7. The lowest BCUT2D eigenvalue weighted by Crippen LogP contribution is -2.47. The molecule has 1 aromatic carbocycles. The van der Waals surface area contributed by atoms with Crippen LogP contribution in [-0.4, -0.2) is 47.9 Å². The van der Waals surface area contributed by atoms with Crippen molar-refractivity contribution in [3.05, 3.63) is 52.8 Å². The third-order valence-electron chi connectivity index (χ3n) is 5.55. The summed E-state index contributed by atoms with van der Waals surface area (Å²) in [6.45, 7) is 8.82. The number of benzene rings is 1. The van der Waals surface area contributed by atoms with Crippen molar-refractivity contribution in [3.63, 3.8) is 0 Å². The van der Waals surface area contributed by atoms with Crippen molar-refractivity contribution < 1.29 is 14.3 Å². The van der Waals surface area contributed by atoms with Gasteiger partial charge in [-0.25, -0.2) is 4.98 Å². The predicted molar refractivity (Wildman–Crippen MR) is 108 cm³/mol. The van der Waals surface area contributed by atoms with Crippen LogP contribution in [0.25, 0.3) is 0 Å². The second-order valence-corrected chi connectivity index (χ2v) is 7.73. The summed E-state index contributed by atoms with van der Waals surface area (Å²) >= 11 is 0. The summed E-state index contributed by atoms with van der Waals surface area (Å²) in [5, 5.41) is 3.43. The first-order valence-electron chi connectivity index (χ1n) is 9.84. The molecule has 0 aliphatic carbocycles. The number of ether oxygens (including phenoxy) is 2. The molecule has 2 saturated heterocycles. The molecule has 2 aliphatic rings. The Morgan fingerprint density at radius 2 is 1.71 bits per heavy atom. The Kier molecular flexibility index (Phi) is 5.08. The summed E-state index contributed by atoms with van der Waals surface area (Å²) in [4.78, 5) is 19.0. The van der Waals surface area contributed by atoms with Crippen LogP contribution in [0.15, 0.2) is 30.5 Å². The molecule has 1 amide bonds. The standard InChI is InChI=1S/C22H27N3O3/c1-15-12-16(2)20(17(3)13-15)24-18-4-5-19(23-14-18)21(26)25-8-6-22(7-9-25)27-10-11-28-22/h4-5,12-14,24H,6-11H2,1-3H3. The lowest BCUT2D eigenvalue weighted by molar-refractivity contribution is -0.181. The summed E-state index contributed by atoms with van der Waals surface area (Å²) in [5.74, 6) is -0.510. The number of nitrogens with zero attached hydrogens (tertiary/aromatic N) is 2. The third kappa shape index (κ3) is 3.75. The van der Waals surface area contributed by atoms with Crippen LogP contribution in [0.1, 0.15) is 40.0 Å². The lowest BCUT2D eigenvalue weighted by Gasteiger charge is -2.37. The van der Waals surface area contributed by atoms with Gasteiger partial charge in [0.15, 0.2) is 5.79 Å². The number of nitrogens with one attached hydrogen (secondary N) is 1. The minimum atomic E-state index is -0.470. The molecule has 1 N–H and O–H groups in total. The topological polar surface area (TPSA) is 63.7 Å². The van der Waals surface area contributed by atoms with Crippen LogP contribution in [0.5, 0.6) is 0 Å². The Morgan fingerprint density at radius 3 is 2.29 bits per heavy atom. The molecule has 2 fully saturated rings. The quantitative estimate of drug-likeness (QED) is 0.878. The highest BCUT2D eigenvalue weighted by atomic mass is 16.7. The van der Waals surface area contributed by atoms with Crippen LogP contribution >= 0.6 is 0 Å². The van der Waals surface area contributed by atoms with E-state index in [2.05, 4.69) is 43.2 Å². The fourth-order valence-electron chi connectivity index (χ4n) is 4.11. The summed E-state index contributed by atoms with van der Waals surface area (Å²) in [5.41, 5.74) is 6.05. The number of carbonyl (C=O) groups is 1. The lowest BCUT2D eigenvalue weighted by atomic mass is 10.0. The minimum absolute atomic E-state index is 0.0397. The van der Waals surface area contributed by atoms with E-state index in [0.717, 1.165) is 11.4 Å². The van der Waals surface area contributed by atoms with Gasteiger partial charge in [-0.15, -0.1) is 0 Å². The number of aromatic nitrogens is 1. The van der Waals surface area contributed by atoms with Crippen molar-refractivity contribution in [1.82, 2.24) is 9.88 Å². The average Bonchev–Trinajstić information content (AvgIpc) is 3.13. The largest absolute Gasteiger partial charge is 0.354 e. The van der Waals surface area contributed by atoms with E-state index in [4.69, 9.17) is 9.47 Å². The van der Waals surface area contributed by atoms with E-state index < -0.39 is 5.79 Å². The fraction of sp³-hybridized carbons (Fsp3) is 0.455. The number of aryl methyl sites for hydroxylation is 3. The maximum atomic E-state index is 12.8. The van der Waals surface area contributed by atoms with E-state index in [1.54, 1.807) is 12.3 Å². The summed E-state index contributed by atoms with van der Waals surface area (Å²) < 4.78 is 11.5. The maximum Gasteiger partial charge on any atom is 0.272 e. The number of amides is 1. The van der Waals surface area contributed by atoms with Crippen LogP contribution in [0, 0.1) is 20.8 Å². The smallest absolute Gasteiger partial charge is 0.272 e. The summed E-state index contributed by atoms with van der Waals surface area (Å²) in [6, 6.07) is 8.01. The first-order chi connectivity index (χ1) is 13.5. The van der Waals surface area contributed by atoms with Gasteiger partial charge in [-0.2, -0.15) is 0 Å². The van der Waals surface area contributed by atoms with E-state index >= 15 is 0 Å². The first kappa shape index (κ1) is 18.9. The van der Waals surface area contributed by atoms with Gasteiger partial charge in [0.1, 0.15) is 5.69 Å². The number of anilines is 2. The molecule has 6 heteroatoms. The van der Waals surface area contributed by atoms with E-state index in [0.29, 0.717) is 44.8 Å². The van der Waals surface area contributed by atoms with Crippen molar-refractivity contribution in [1.29, 1.82) is 0 Å². The number of pyridine rings is 1. The molecule has 2 aliphatic heterocycles. The highest BCUT2D eigenvalue weighted by Crippen LogP contribution is 2.32. The maximum absolute atomic E-state index is 12.8. The molecule has 0 unspecified atom stereocenters. The summed E-state index contributed by atoms with van der Waals surface area (Å²) in [6.07, 6.45) is 3.15. The molecular weight excluding hydrogens is 354 g/mol. The average molecular weight is 381 g/mol. The van der Waals surface area contributed by atoms with Crippen molar-refractivity contribution in [2.24, 2.45) is 0 Å². The van der Waals surface area contributed by atoms with E-state index in [1.165, 1.54) is 16.7 Å². The van der Waals surface area contributed by atoms with Gasteiger partial charge in [0.25, 0.3) is 5.91 Å². The van der Waals surface area contributed by atoms with Gasteiger partial charge in [-0.1, -0.05) is 17.7 Å². The molecule has 3 heterocycles. The fourth-order valence-corrected chi connectivity index (χ4v) is 4.11. The van der Waals surface area contributed by atoms with Crippen molar-refractivity contribution in [3.8, 4) is 0 Å². The second kappa shape index (κ2) is 7.53. The molecule has 1 aromatic heterocycles. The molecule has 4 rings (SSSR count). The van der Waals surface area contributed by atoms with E-state index in [1.807, 2.05) is 11.0 Å². The second-order valence-electron chi connectivity index (χ2n) is 7.73. The van der Waals surface area contributed by atoms with Crippen LogP contribution < -0.4 is 5.32 Å². The number of likely N-dealkylation sites (tertiary alicyclic amines) is 1. The van der Waals surface area contributed by atoms with Crippen LogP contribution in [0.3, 0.4) is 0 Å². The third-order valence-corrected chi connectivity index (χ3v) is 5.55. The van der Waals surface area contributed by atoms with Crippen molar-refractivity contribution in [2.75, 3.05) is 31.6 Å². The van der Waals surface area contributed by atoms with Crippen molar-refractivity contribution >= 4 is 17.3 Å². The number of hydrogen-bond donors (Lipinski definition) is 1. The zero-order chi connectivity index (χ0) is 19.7. The molecule has 0 radical (unpaired) electrons. The van der Waals surface area contributed by atoms with Crippen LogP contribution in [0.4, 0.5) is 11.4 Å².